The van der Waals surface area contributed by atoms with Crippen molar-refractivity contribution in [3.05, 3.63) is 28.2 Å². The number of aliphatic hydroxyl groups excluding tert-OH is 1. The summed E-state index contributed by atoms with van der Waals surface area (Å²) >= 11 is 3.46. The van der Waals surface area contributed by atoms with Crippen molar-refractivity contribution in [3.63, 3.8) is 0 Å². The van der Waals surface area contributed by atoms with Gasteiger partial charge in [0, 0.05) is 29.5 Å². The number of likely N-dealkylation sites (tertiary alicyclic amines) is 1. The van der Waals surface area contributed by atoms with E-state index in [1.54, 1.807) is 0 Å². The molecule has 3 nitrogen and oxygen atoms in total. The number of halogens is 1. The fraction of sp³-hybridized carbons (Fsp3) is 0.571. The van der Waals surface area contributed by atoms with Crippen molar-refractivity contribution in [2.24, 2.45) is 0 Å². The fourth-order valence-electron chi connectivity index (χ4n) is 2.94. The van der Waals surface area contributed by atoms with Crippen molar-refractivity contribution in [3.8, 4) is 5.75 Å². The first kappa shape index (κ1) is 12.5. The second-order valence-electron chi connectivity index (χ2n) is 5.49. The summed E-state index contributed by atoms with van der Waals surface area (Å²) in [6.45, 7) is 2.08. The number of nitrogens with zero attached hydrogens (tertiary/aromatic N) is 1. The smallest absolute Gasteiger partial charge is 0.127 e. The van der Waals surface area contributed by atoms with Crippen molar-refractivity contribution in [2.45, 2.75) is 31.0 Å². The molecule has 1 unspecified atom stereocenters. The molecule has 1 aromatic carbocycles. The molecule has 2 aliphatic rings. The maximum absolute atomic E-state index is 10.3. The molecule has 1 saturated heterocycles. The van der Waals surface area contributed by atoms with Gasteiger partial charge in [0.2, 0.25) is 0 Å². The molecule has 0 saturated carbocycles. The summed E-state index contributed by atoms with van der Waals surface area (Å²) in [5.74, 6) is 0.840. The van der Waals surface area contributed by atoms with E-state index in [0.717, 1.165) is 48.1 Å². The molecule has 2 heterocycles. The lowest BCUT2D eigenvalue weighted by atomic mass is 9.82. The maximum atomic E-state index is 10.3. The molecule has 0 radical (unpaired) electrons. The molecule has 98 valence electrons. The zero-order chi connectivity index (χ0) is 12.8. The normalized spacial score (nSPS) is 26.7. The number of rotatable bonds is 0. The molecular weight excluding hydrogens is 294 g/mol. The molecule has 2 aliphatic heterocycles. The van der Waals surface area contributed by atoms with Crippen LogP contribution in [0.2, 0.25) is 0 Å². The van der Waals surface area contributed by atoms with Gasteiger partial charge in [-0.3, -0.25) is 0 Å². The van der Waals surface area contributed by atoms with Crippen LogP contribution in [-0.2, 0) is 0 Å². The summed E-state index contributed by atoms with van der Waals surface area (Å²) in [5.41, 5.74) is 0.752. The Morgan fingerprint density at radius 1 is 1.39 bits per heavy atom. The van der Waals surface area contributed by atoms with E-state index in [-0.39, 0.29) is 5.60 Å². The second kappa shape index (κ2) is 4.51. The Balaban J connectivity index is 1.90. The van der Waals surface area contributed by atoms with Gasteiger partial charge >= 0.3 is 0 Å². The van der Waals surface area contributed by atoms with Crippen LogP contribution in [0.25, 0.3) is 0 Å². The molecule has 0 bridgehead atoms. The monoisotopic (exact) mass is 311 g/mol. The van der Waals surface area contributed by atoms with Gasteiger partial charge in [-0.2, -0.15) is 0 Å². The largest absolute Gasteiger partial charge is 0.487 e. The first-order valence-corrected chi connectivity index (χ1v) is 7.22. The van der Waals surface area contributed by atoms with Gasteiger partial charge in [0.05, 0.1) is 6.10 Å². The number of benzene rings is 1. The van der Waals surface area contributed by atoms with Gasteiger partial charge in [-0.05, 0) is 32.0 Å². The SMILES string of the molecule is CN1CCC2(CC1)CC(O)c1ccc(Br)cc1O2. The van der Waals surface area contributed by atoms with Gasteiger partial charge in [-0.1, -0.05) is 22.0 Å². The van der Waals surface area contributed by atoms with Crippen molar-refractivity contribution in [2.75, 3.05) is 20.1 Å². The van der Waals surface area contributed by atoms with Crippen molar-refractivity contribution in [1.29, 1.82) is 0 Å². The van der Waals surface area contributed by atoms with Crippen LogP contribution < -0.4 is 4.74 Å². The summed E-state index contributed by atoms with van der Waals surface area (Å²) in [6, 6.07) is 5.88. The highest BCUT2D eigenvalue weighted by molar-refractivity contribution is 9.10. The molecule has 1 aromatic rings. The highest BCUT2D eigenvalue weighted by Gasteiger charge is 2.42. The predicted molar refractivity (Wildman–Crippen MR) is 73.8 cm³/mol. The van der Waals surface area contributed by atoms with E-state index in [4.69, 9.17) is 4.74 Å². The molecule has 1 spiro atoms. The third-order valence-electron chi connectivity index (χ3n) is 4.12. The van der Waals surface area contributed by atoms with Gasteiger partial charge in [0.1, 0.15) is 11.4 Å². The topological polar surface area (TPSA) is 32.7 Å². The number of piperidine rings is 1. The lowest BCUT2D eigenvalue weighted by Crippen LogP contribution is -2.49. The standard InChI is InChI=1S/C14H18BrNO2/c1-16-6-4-14(5-7-16)9-12(17)11-3-2-10(15)8-13(11)18-14/h2-3,8,12,17H,4-7,9H2,1H3. The van der Waals surface area contributed by atoms with Crippen molar-refractivity contribution >= 4 is 15.9 Å². The highest BCUT2D eigenvalue weighted by Crippen LogP contribution is 2.44. The van der Waals surface area contributed by atoms with Gasteiger partial charge in [-0.15, -0.1) is 0 Å². The Morgan fingerprint density at radius 2 is 2.11 bits per heavy atom. The molecule has 1 N–H and O–H groups in total. The quantitative estimate of drug-likeness (QED) is 0.799. The van der Waals surface area contributed by atoms with Crippen LogP contribution in [0.3, 0.4) is 0 Å². The van der Waals surface area contributed by atoms with Gasteiger partial charge in [-0.25, -0.2) is 0 Å². The summed E-state index contributed by atoms with van der Waals surface area (Å²) < 4.78 is 7.24. The first-order chi connectivity index (χ1) is 8.58. The third-order valence-corrected chi connectivity index (χ3v) is 4.62. The van der Waals surface area contributed by atoms with E-state index in [1.165, 1.54) is 0 Å². The van der Waals surface area contributed by atoms with E-state index in [9.17, 15) is 5.11 Å². The average molecular weight is 312 g/mol. The second-order valence-corrected chi connectivity index (χ2v) is 6.41. The van der Waals surface area contributed by atoms with Crippen LogP contribution in [0.5, 0.6) is 5.75 Å². The van der Waals surface area contributed by atoms with E-state index in [0.29, 0.717) is 0 Å². The Bertz CT molecular complexity index is 455. The number of aliphatic hydroxyl groups is 1. The molecular formula is C14H18BrNO2. The molecule has 0 aromatic heterocycles. The molecule has 1 fully saturated rings. The maximum Gasteiger partial charge on any atom is 0.127 e. The van der Waals surface area contributed by atoms with Crippen molar-refractivity contribution < 1.29 is 9.84 Å². The zero-order valence-corrected chi connectivity index (χ0v) is 12.1. The summed E-state index contributed by atoms with van der Waals surface area (Å²) in [7, 11) is 2.14. The Hall–Kier alpha value is -0.580. The number of hydrogen-bond donors (Lipinski definition) is 1. The first-order valence-electron chi connectivity index (χ1n) is 6.43. The van der Waals surface area contributed by atoms with Crippen LogP contribution in [0.4, 0.5) is 0 Å². The van der Waals surface area contributed by atoms with Crippen molar-refractivity contribution in [1.82, 2.24) is 4.90 Å². The van der Waals surface area contributed by atoms with E-state index >= 15 is 0 Å². The molecule has 4 heteroatoms. The average Bonchev–Trinajstić information content (AvgIpc) is 2.33. The lowest BCUT2D eigenvalue weighted by Gasteiger charge is -2.45. The number of fused-ring (bicyclic) bond motifs is 1. The Labute approximate surface area is 116 Å². The molecule has 18 heavy (non-hydrogen) atoms. The zero-order valence-electron chi connectivity index (χ0n) is 10.5. The third kappa shape index (κ3) is 2.17. The Morgan fingerprint density at radius 3 is 2.83 bits per heavy atom. The predicted octanol–water partition coefficient (Wildman–Crippen LogP) is 2.73. The summed E-state index contributed by atoms with van der Waals surface area (Å²) in [5, 5.41) is 10.3. The fourth-order valence-corrected chi connectivity index (χ4v) is 3.28. The van der Waals surface area contributed by atoms with E-state index in [1.807, 2.05) is 18.2 Å². The number of ether oxygens (including phenoxy) is 1. The molecule has 0 amide bonds. The van der Waals surface area contributed by atoms with Gasteiger partial charge in [0.25, 0.3) is 0 Å². The Kier molecular flexibility index (Phi) is 3.12. The number of hydrogen-bond acceptors (Lipinski definition) is 3. The van der Waals surface area contributed by atoms with Gasteiger partial charge < -0.3 is 14.7 Å². The highest BCUT2D eigenvalue weighted by atomic mass is 79.9. The molecule has 1 atom stereocenters. The van der Waals surface area contributed by atoms with Crippen LogP contribution >= 0.6 is 15.9 Å². The van der Waals surface area contributed by atoms with Crippen LogP contribution in [0.1, 0.15) is 30.9 Å². The summed E-state index contributed by atoms with van der Waals surface area (Å²) in [4.78, 5) is 2.32. The van der Waals surface area contributed by atoms with E-state index < -0.39 is 6.10 Å². The lowest BCUT2D eigenvalue weighted by molar-refractivity contribution is -0.0504. The van der Waals surface area contributed by atoms with E-state index in [2.05, 4.69) is 27.9 Å². The minimum Gasteiger partial charge on any atom is -0.487 e. The molecule has 0 aliphatic carbocycles. The molecule has 3 rings (SSSR count). The minimum absolute atomic E-state index is 0.167. The van der Waals surface area contributed by atoms with Crippen LogP contribution in [0.15, 0.2) is 22.7 Å². The van der Waals surface area contributed by atoms with Crippen LogP contribution in [-0.4, -0.2) is 35.7 Å². The van der Waals surface area contributed by atoms with Gasteiger partial charge in [0.15, 0.2) is 0 Å². The summed E-state index contributed by atoms with van der Waals surface area (Å²) in [6.07, 6.45) is 2.30. The van der Waals surface area contributed by atoms with Crippen LogP contribution in [0, 0.1) is 0 Å². The minimum atomic E-state index is -0.398.